The number of hydrogen-bond donors (Lipinski definition) is 0. The van der Waals surface area contributed by atoms with E-state index in [1.165, 1.54) is 28.8 Å². The number of benzene rings is 1. The summed E-state index contributed by atoms with van der Waals surface area (Å²) in [7, 11) is 1.58. The number of hydrogen-bond acceptors (Lipinski definition) is 5. The zero-order valence-corrected chi connectivity index (χ0v) is 16.4. The van der Waals surface area contributed by atoms with Crippen LogP contribution in [-0.4, -0.2) is 51.8 Å². The van der Waals surface area contributed by atoms with Crippen molar-refractivity contribution >= 4 is 22.4 Å². The highest BCUT2D eigenvalue weighted by molar-refractivity contribution is 6.04. The van der Waals surface area contributed by atoms with E-state index < -0.39 is 0 Å². The van der Waals surface area contributed by atoms with Crippen molar-refractivity contribution in [3.8, 4) is 0 Å². The van der Waals surface area contributed by atoms with Crippen LogP contribution in [0.1, 0.15) is 34.8 Å². The summed E-state index contributed by atoms with van der Waals surface area (Å²) in [5, 5.41) is 5.24. The Kier molecular flexibility index (Phi) is 4.30. The largest absolute Gasteiger partial charge is 0.368 e. The zero-order chi connectivity index (χ0) is 20.0. The Bertz CT molecular complexity index is 1140. The van der Waals surface area contributed by atoms with Gasteiger partial charge in [-0.1, -0.05) is 18.2 Å². The van der Waals surface area contributed by atoms with Crippen molar-refractivity contribution in [3.05, 3.63) is 64.3 Å². The molecule has 0 bridgehead atoms. The van der Waals surface area contributed by atoms with Gasteiger partial charge in [0.05, 0.1) is 5.39 Å². The van der Waals surface area contributed by atoms with E-state index in [1.807, 2.05) is 4.90 Å². The minimum atomic E-state index is -0.222. The van der Waals surface area contributed by atoms with E-state index in [0.29, 0.717) is 35.5 Å². The average molecular weight is 389 g/mol. The van der Waals surface area contributed by atoms with Crippen LogP contribution in [-0.2, 0) is 7.05 Å². The average Bonchev–Trinajstić information content (AvgIpc) is 3.61. The third-order valence-electron chi connectivity index (χ3n) is 5.91. The van der Waals surface area contributed by atoms with Crippen molar-refractivity contribution in [1.82, 2.24) is 19.7 Å². The van der Waals surface area contributed by atoms with Gasteiger partial charge < -0.3 is 9.80 Å². The minimum absolute atomic E-state index is 0.145. The summed E-state index contributed by atoms with van der Waals surface area (Å²) in [6, 6.07) is 10.3. The number of anilines is 1. The van der Waals surface area contributed by atoms with Gasteiger partial charge in [-0.2, -0.15) is 5.10 Å². The maximum atomic E-state index is 13.2. The Morgan fingerprint density at radius 1 is 1.03 bits per heavy atom. The second kappa shape index (κ2) is 6.99. The van der Waals surface area contributed by atoms with E-state index in [2.05, 4.69) is 39.2 Å². The molecule has 3 heterocycles. The number of rotatable bonds is 3. The van der Waals surface area contributed by atoms with Crippen LogP contribution in [0, 0.1) is 0 Å². The number of aryl methyl sites for hydroxylation is 1. The van der Waals surface area contributed by atoms with Crippen molar-refractivity contribution in [2.24, 2.45) is 7.05 Å². The Morgan fingerprint density at radius 2 is 1.79 bits per heavy atom. The summed E-state index contributed by atoms with van der Waals surface area (Å²) in [6.07, 6.45) is 5.66. The Labute approximate surface area is 168 Å². The molecule has 7 nitrogen and oxygen atoms in total. The second-order valence-corrected chi connectivity index (χ2v) is 7.81. The van der Waals surface area contributed by atoms with Crippen LogP contribution in [0.2, 0.25) is 0 Å². The van der Waals surface area contributed by atoms with Crippen LogP contribution in [0.5, 0.6) is 0 Å². The minimum Gasteiger partial charge on any atom is -0.368 e. The number of piperazine rings is 1. The SMILES string of the molecule is Cn1nc(C(=O)N2CCN(c3ccccc3C3CC3)CC2)c2cnccc2c1=O. The summed E-state index contributed by atoms with van der Waals surface area (Å²) >= 11 is 0. The van der Waals surface area contributed by atoms with E-state index in [0.717, 1.165) is 13.1 Å². The van der Waals surface area contributed by atoms with Gasteiger partial charge in [-0.05, 0) is 36.5 Å². The molecule has 0 unspecified atom stereocenters. The first-order valence-electron chi connectivity index (χ1n) is 10.1. The Hall–Kier alpha value is -3.22. The predicted octanol–water partition coefficient (Wildman–Crippen LogP) is 2.17. The van der Waals surface area contributed by atoms with Gasteiger partial charge in [-0.25, -0.2) is 4.68 Å². The molecule has 1 amide bonds. The normalized spacial score (nSPS) is 17.0. The third-order valence-corrected chi connectivity index (χ3v) is 5.91. The maximum absolute atomic E-state index is 13.2. The molecule has 0 N–H and O–H groups in total. The molecule has 1 aromatic carbocycles. The lowest BCUT2D eigenvalue weighted by Crippen LogP contribution is -2.49. The fourth-order valence-electron chi connectivity index (χ4n) is 4.17. The molecule has 5 rings (SSSR count). The number of amides is 1. The molecule has 29 heavy (non-hydrogen) atoms. The summed E-state index contributed by atoms with van der Waals surface area (Å²) in [4.78, 5) is 33.8. The van der Waals surface area contributed by atoms with Crippen molar-refractivity contribution in [2.45, 2.75) is 18.8 Å². The molecular weight excluding hydrogens is 366 g/mol. The van der Waals surface area contributed by atoms with Crippen molar-refractivity contribution in [3.63, 3.8) is 0 Å². The van der Waals surface area contributed by atoms with Crippen molar-refractivity contribution < 1.29 is 4.79 Å². The van der Waals surface area contributed by atoms with Gasteiger partial charge in [-0.3, -0.25) is 14.6 Å². The molecule has 1 saturated carbocycles. The predicted molar refractivity (Wildman–Crippen MR) is 111 cm³/mol. The highest BCUT2D eigenvalue weighted by atomic mass is 16.2. The molecule has 1 saturated heterocycles. The van der Waals surface area contributed by atoms with Gasteiger partial charge in [0.1, 0.15) is 0 Å². The van der Waals surface area contributed by atoms with Gasteiger partial charge >= 0.3 is 0 Å². The molecule has 0 spiro atoms. The topological polar surface area (TPSA) is 71.3 Å². The number of para-hydroxylation sites is 1. The van der Waals surface area contributed by atoms with Crippen molar-refractivity contribution in [2.75, 3.05) is 31.1 Å². The van der Waals surface area contributed by atoms with Gasteiger partial charge in [0, 0.05) is 56.7 Å². The lowest BCUT2D eigenvalue weighted by atomic mass is 10.1. The van der Waals surface area contributed by atoms with Gasteiger partial charge in [0.2, 0.25) is 0 Å². The summed E-state index contributed by atoms with van der Waals surface area (Å²) in [6.45, 7) is 2.84. The Morgan fingerprint density at radius 3 is 2.55 bits per heavy atom. The summed E-state index contributed by atoms with van der Waals surface area (Å²) in [5.41, 5.74) is 2.81. The van der Waals surface area contributed by atoms with E-state index in [4.69, 9.17) is 0 Å². The fourth-order valence-corrected chi connectivity index (χ4v) is 4.17. The lowest BCUT2D eigenvalue weighted by molar-refractivity contribution is 0.0740. The maximum Gasteiger partial charge on any atom is 0.275 e. The molecule has 0 radical (unpaired) electrons. The molecule has 2 aliphatic rings. The van der Waals surface area contributed by atoms with E-state index >= 15 is 0 Å². The zero-order valence-electron chi connectivity index (χ0n) is 16.4. The quantitative estimate of drug-likeness (QED) is 0.687. The molecule has 1 aliphatic heterocycles. The molecule has 2 fully saturated rings. The highest BCUT2D eigenvalue weighted by Gasteiger charge is 2.30. The van der Waals surface area contributed by atoms with E-state index in [-0.39, 0.29) is 11.5 Å². The van der Waals surface area contributed by atoms with Gasteiger partial charge in [-0.15, -0.1) is 0 Å². The van der Waals surface area contributed by atoms with E-state index in [9.17, 15) is 9.59 Å². The monoisotopic (exact) mass is 389 g/mol. The van der Waals surface area contributed by atoms with Gasteiger partial charge in [0.15, 0.2) is 5.69 Å². The van der Waals surface area contributed by atoms with Crippen LogP contribution in [0.15, 0.2) is 47.5 Å². The molecule has 148 valence electrons. The number of pyridine rings is 1. The smallest absolute Gasteiger partial charge is 0.275 e. The number of carbonyl (C=O) groups excluding carboxylic acids is 1. The van der Waals surface area contributed by atoms with Crippen LogP contribution >= 0.6 is 0 Å². The van der Waals surface area contributed by atoms with Crippen LogP contribution in [0.25, 0.3) is 10.8 Å². The summed E-state index contributed by atoms with van der Waals surface area (Å²) in [5.74, 6) is 0.549. The third kappa shape index (κ3) is 3.16. The highest BCUT2D eigenvalue weighted by Crippen LogP contribution is 2.44. The first kappa shape index (κ1) is 17.8. The molecule has 3 aromatic rings. The fraction of sp³-hybridized carbons (Fsp3) is 0.364. The van der Waals surface area contributed by atoms with Crippen LogP contribution < -0.4 is 10.5 Å². The van der Waals surface area contributed by atoms with Crippen LogP contribution in [0.4, 0.5) is 5.69 Å². The number of aromatic nitrogens is 3. The summed E-state index contributed by atoms with van der Waals surface area (Å²) < 4.78 is 1.23. The van der Waals surface area contributed by atoms with E-state index in [1.54, 1.807) is 25.5 Å². The molecule has 0 atom stereocenters. The lowest BCUT2D eigenvalue weighted by Gasteiger charge is -2.37. The van der Waals surface area contributed by atoms with Crippen LogP contribution in [0.3, 0.4) is 0 Å². The first-order chi connectivity index (χ1) is 14.1. The standard InChI is InChI=1S/C22H23N5O2/c1-25-21(28)17-8-9-23-14-18(17)20(24-25)22(29)27-12-10-26(11-13-27)19-5-3-2-4-16(19)15-6-7-15/h2-5,8-9,14-15H,6-7,10-13H2,1H3. The molecule has 1 aliphatic carbocycles. The number of carbonyl (C=O) groups is 1. The first-order valence-corrected chi connectivity index (χ1v) is 10.1. The number of fused-ring (bicyclic) bond motifs is 1. The molecular formula is C22H23N5O2. The second-order valence-electron chi connectivity index (χ2n) is 7.81. The molecule has 2 aromatic heterocycles. The molecule has 7 heteroatoms. The Balaban J connectivity index is 1.38. The van der Waals surface area contributed by atoms with Crippen molar-refractivity contribution in [1.29, 1.82) is 0 Å². The van der Waals surface area contributed by atoms with Gasteiger partial charge in [0.25, 0.3) is 11.5 Å². The number of nitrogens with zero attached hydrogens (tertiary/aromatic N) is 5.